The summed E-state index contributed by atoms with van der Waals surface area (Å²) in [5.74, 6) is 2.26. The van der Waals surface area contributed by atoms with E-state index in [1.54, 1.807) is 32.1 Å². The van der Waals surface area contributed by atoms with Crippen molar-refractivity contribution in [2.24, 2.45) is 0 Å². The Labute approximate surface area is 144 Å². The van der Waals surface area contributed by atoms with Crippen molar-refractivity contribution in [3.63, 3.8) is 0 Å². The highest BCUT2D eigenvalue weighted by molar-refractivity contribution is 6.30. The number of hydrogen-bond donors (Lipinski definition) is 0. The smallest absolute Gasteiger partial charge is 0.203 e. The lowest BCUT2D eigenvalue weighted by molar-refractivity contribution is 0.324. The molecule has 3 rings (SSSR count). The molecule has 0 spiro atoms. The third kappa shape index (κ3) is 2.88. The molecule has 0 aliphatic carbocycles. The molecule has 1 heterocycles. The maximum Gasteiger partial charge on any atom is 0.203 e. The third-order valence-electron chi connectivity index (χ3n) is 3.52. The molecule has 24 heavy (non-hydrogen) atoms. The molecule has 0 amide bonds. The van der Waals surface area contributed by atoms with Gasteiger partial charge in [0.1, 0.15) is 6.33 Å². The fourth-order valence-corrected chi connectivity index (χ4v) is 2.63. The van der Waals surface area contributed by atoms with Crippen LogP contribution in [-0.2, 0) is 0 Å². The van der Waals surface area contributed by atoms with Crippen LogP contribution >= 0.6 is 11.6 Å². The summed E-state index contributed by atoms with van der Waals surface area (Å²) in [5, 5.41) is 4.92. The van der Waals surface area contributed by atoms with E-state index in [9.17, 15) is 0 Å². The molecule has 0 bridgehead atoms. The summed E-state index contributed by atoms with van der Waals surface area (Å²) < 4.78 is 17.8. The molecule has 3 aromatic rings. The summed E-state index contributed by atoms with van der Waals surface area (Å²) in [6.45, 7) is 0. The highest BCUT2D eigenvalue weighted by Gasteiger charge is 2.17. The van der Waals surface area contributed by atoms with Crippen molar-refractivity contribution in [3.05, 3.63) is 47.7 Å². The number of hydrogen-bond acceptors (Lipinski definition) is 5. The van der Waals surface area contributed by atoms with Crippen molar-refractivity contribution in [2.45, 2.75) is 0 Å². The molecule has 0 N–H and O–H groups in total. The van der Waals surface area contributed by atoms with Gasteiger partial charge in [-0.15, -0.1) is 0 Å². The van der Waals surface area contributed by atoms with E-state index >= 15 is 0 Å². The summed E-state index contributed by atoms with van der Waals surface area (Å²) in [6, 6.07) is 11.0. The summed E-state index contributed by atoms with van der Waals surface area (Å²) in [4.78, 5) is 4.36. The number of benzene rings is 2. The minimum Gasteiger partial charge on any atom is -0.493 e. The molecular formula is C17H16ClN3O3. The first-order valence-electron chi connectivity index (χ1n) is 7.14. The van der Waals surface area contributed by atoms with E-state index in [-0.39, 0.29) is 0 Å². The lowest BCUT2D eigenvalue weighted by atomic mass is 10.1. The van der Waals surface area contributed by atoms with Crippen LogP contribution in [0.4, 0.5) is 0 Å². The van der Waals surface area contributed by atoms with Crippen molar-refractivity contribution < 1.29 is 14.2 Å². The maximum atomic E-state index is 6.08. The molecule has 1 aromatic heterocycles. The second kappa shape index (κ2) is 6.80. The van der Waals surface area contributed by atoms with Crippen molar-refractivity contribution in [1.29, 1.82) is 0 Å². The van der Waals surface area contributed by atoms with Gasteiger partial charge < -0.3 is 14.2 Å². The molecular weight excluding hydrogens is 330 g/mol. The number of nitrogens with zero attached hydrogens (tertiary/aromatic N) is 3. The lowest BCUT2D eigenvalue weighted by Gasteiger charge is -2.14. The average molecular weight is 346 g/mol. The molecule has 0 radical (unpaired) electrons. The monoisotopic (exact) mass is 345 g/mol. The summed E-state index contributed by atoms with van der Waals surface area (Å²) in [5.41, 5.74) is 1.59. The Morgan fingerprint density at radius 1 is 0.958 bits per heavy atom. The molecule has 124 valence electrons. The Hall–Kier alpha value is -2.73. The van der Waals surface area contributed by atoms with Gasteiger partial charge in [0.15, 0.2) is 17.3 Å². The molecule has 7 heteroatoms. The number of methoxy groups -OCH3 is 3. The molecule has 6 nitrogen and oxygen atoms in total. The van der Waals surface area contributed by atoms with E-state index < -0.39 is 0 Å². The predicted octanol–water partition coefficient (Wildman–Crippen LogP) is 3.61. The molecule has 0 aliphatic heterocycles. The van der Waals surface area contributed by atoms with Gasteiger partial charge in [-0.3, -0.25) is 0 Å². The van der Waals surface area contributed by atoms with Gasteiger partial charge in [-0.1, -0.05) is 17.7 Å². The molecule has 0 saturated heterocycles. The quantitative estimate of drug-likeness (QED) is 0.707. The van der Waals surface area contributed by atoms with E-state index in [0.29, 0.717) is 28.1 Å². The van der Waals surface area contributed by atoms with Crippen LogP contribution in [0.3, 0.4) is 0 Å². The topological polar surface area (TPSA) is 58.4 Å². The SMILES string of the molecule is COc1cc(-c2ncnn2-c2cccc(Cl)c2)cc(OC)c1OC. The fourth-order valence-electron chi connectivity index (χ4n) is 2.45. The summed E-state index contributed by atoms with van der Waals surface area (Å²) in [7, 11) is 4.71. The predicted molar refractivity (Wildman–Crippen MR) is 91.5 cm³/mol. The Morgan fingerprint density at radius 2 is 1.67 bits per heavy atom. The molecule has 0 saturated carbocycles. The first kappa shape index (κ1) is 16.1. The first-order chi connectivity index (χ1) is 11.7. The zero-order valence-electron chi connectivity index (χ0n) is 13.5. The van der Waals surface area contributed by atoms with Gasteiger partial charge >= 0.3 is 0 Å². The number of ether oxygens (including phenoxy) is 3. The van der Waals surface area contributed by atoms with E-state index in [1.165, 1.54) is 6.33 Å². The van der Waals surface area contributed by atoms with Gasteiger partial charge in [-0.2, -0.15) is 5.10 Å². The van der Waals surface area contributed by atoms with E-state index in [0.717, 1.165) is 11.3 Å². The summed E-state index contributed by atoms with van der Waals surface area (Å²) in [6.07, 6.45) is 1.49. The Morgan fingerprint density at radius 3 is 2.25 bits per heavy atom. The molecule has 2 aromatic carbocycles. The maximum absolute atomic E-state index is 6.08. The van der Waals surface area contributed by atoms with Gasteiger partial charge in [-0.25, -0.2) is 9.67 Å². The zero-order valence-corrected chi connectivity index (χ0v) is 14.2. The minimum absolute atomic E-state index is 0.526. The average Bonchev–Trinajstić information content (AvgIpc) is 3.10. The van der Waals surface area contributed by atoms with Gasteiger partial charge in [-0.05, 0) is 30.3 Å². The molecule has 0 atom stereocenters. The Balaban J connectivity index is 2.16. The zero-order chi connectivity index (χ0) is 17.1. The van der Waals surface area contributed by atoms with Crippen LogP contribution in [0.5, 0.6) is 17.2 Å². The van der Waals surface area contributed by atoms with Crippen LogP contribution in [0.2, 0.25) is 5.02 Å². The van der Waals surface area contributed by atoms with Crippen molar-refractivity contribution in [3.8, 4) is 34.3 Å². The standard InChI is InChI=1S/C17H16ClN3O3/c1-22-14-7-11(8-15(23-2)16(14)24-3)17-19-10-20-21(17)13-6-4-5-12(18)9-13/h4-10H,1-3H3. The van der Waals surface area contributed by atoms with Gasteiger partial charge in [0.2, 0.25) is 5.75 Å². The van der Waals surface area contributed by atoms with Gasteiger partial charge in [0.25, 0.3) is 0 Å². The minimum atomic E-state index is 0.526. The largest absolute Gasteiger partial charge is 0.493 e. The van der Waals surface area contributed by atoms with E-state index in [1.807, 2.05) is 30.3 Å². The van der Waals surface area contributed by atoms with Crippen LogP contribution < -0.4 is 14.2 Å². The summed E-state index contributed by atoms with van der Waals surface area (Å²) >= 11 is 6.08. The van der Waals surface area contributed by atoms with Crippen molar-refractivity contribution in [2.75, 3.05) is 21.3 Å². The molecule has 0 unspecified atom stereocenters. The van der Waals surface area contributed by atoms with Gasteiger partial charge in [0.05, 0.1) is 27.0 Å². The molecule has 0 fully saturated rings. The lowest BCUT2D eigenvalue weighted by Crippen LogP contribution is -2.01. The Kier molecular flexibility index (Phi) is 4.57. The van der Waals surface area contributed by atoms with Crippen LogP contribution in [0, 0.1) is 0 Å². The van der Waals surface area contributed by atoms with Crippen LogP contribution in [0.25, 0.3) is 17.1 Å². The van der Waals surface area contributed by atoms with E-state index in [4.69, 9.17) is 25.8 Å². The van der Waals surface area contributed by atoms with E-state index in [2.05, 4.69) is 10.1 Å². The number of halogens is 1. The van der Waals surface area contributed by atoms with Crippen LogP contribution in [0.15, 0.2) is 42.7 Å². The second-order valence-corrected chi connectivity index (χ2v) is 5.33. The number of rotatable bonds is 5. The highest BCUT2D eigenvalue weighted by atomic mass is 35.5. The first-order valence-corrected chi connectivity index (χ1v) is 7.52. The third-order valence-corrected chi connectivity index (χ3v) is 3.76. The number of aromatic nitrogens is 3. The van der Waals surface area contributed by atoms with Crippen molar-refractivity contribution in [1.82, 2.24) is 14.8 Å². The van der Waals surface area contributed by atoms with Gasteiger partial charge in [0, 0.05) is 10.6 Å². The fraction of sp³-hybridized carbons (Fsp3) is 0.176. The highest BCUT2D eigenvalue weighted by Crippen LogP contribution is 2.41. The molecule has 0 aliphatic rings. The second-order valence-electron chi connectivity index (χ2n) is 4.89. The van der Waals surface area contributed by atoms with Crippen LogP contribution in [-0.4, -0.2) is 36.1 Å². The van der Waals surface area contributed by atoms with Crippen LogP contribution in [0.1, 0.15) is 0 Å². The normalized spacial score (nSPS) is 10.5. The Bertz CT molecular complexity index is 839. The van der Waals surface area contributed by atoms with Crippen molar-refractivity contribution >= 4 is 11.6 Å².